The van der Waals surface area contributed by atoms with Gasteiger partial charge in [-0.1, -0.05) is 0 Å². The van der Waals surface area contributed by atoms with Crippen molar-refractivity contribution in [2.75, 3.05) is 13.7 Å². The van der Waals surface area contributed by atoms with E-state index in [1.54, 1.807) is 25.2 Å². The van der Waals surface area contributed by atoms with Crippen LogP contribution in [-0.2, 0) is 13.6 Å². The highest BCUT2D eigenvalue weighted by Crippen LogP contribution is 2.16. The lowest BCUT2D eigenvalue weighted by atomic mass is 10.2. The number of methoxy groups -OCH3 is 1. The maximum atomic E-state index is 12.1. The van der Waals surface area contributed by atoms with Crippen molar-refractivity contribution in [3.05, 3.63) is 39.0 Å². The van der Waals surface area contributed by atoms with E-state index in [4.69, 9.17) is 10.5 Å². The molecular formula is C12H15N3O3. The second-order valence-electron chi connectivity index (χ2n) is 3.97. The molecule has 0 fully saturated rings. The van der Waals surface area contributed by atoms with Crippen LogP contribution in [0.5, 0.6) is 5.75 Å². The molecule has 1 aromatic carbocycles. The van der Waals surface area contributed by atoms with E-state index in [1.807, 2.05) is 0 Å². The molecule has 0 spiro atoms. The lowest BCUT2D eigenvalue weighted by Crippen LogP contribution is -2.40. The summed E-state index contributed by atoms with van der Waals surface area (Å²) in [6.45, 7) is 0.463. The smallest absolute Gasteiger partial charge is 0.331 e. The van der Waals surface area contributed by atoms with Gasteiger partial charge in [0, 0.05) is 26.2 Å². The predicted molar refractivity (Wildman–Crippen MR) is 69.1 cm³/mol. The number of nitrogens with two attached hydrogens (primary N) is 1. The zero-order valence-corrected chi connectivity index (χ0v) is 10.3. The molecule has 0 aliphatic rings. The van der Waals surface area contributed by atoms with Crippen molar-refractivity contribution >= 4 is 10.9 Å². The lowest BCUT2D eigenvalue weighted by molar-refractivity contribution is 0.415. The van der Waals surface area contributed by atoms with E-state index < -0.39 is 0 Å². The van der Waals surface area contributed by atoms with Gasteiger partial charge in [-0.3, -0.25) is 13.9 Å². The molecule has 2 N–H and O–H groups in total. The van der Waals surface area contributed by atoms with E-state index in [-0.39, 0.29) is 24.3 Å². The van der Waals surface area contributed by atoms with E-state index >= 15 is 0 Å². The van der Waals surface area contributed by atoms with E-state index in [2.05, 4.69) is 0 Å². The highest BCUT2D eigenvalue weighted by atomic mass is 16.5. The van der Waals surface area contributed by atoms with E-state index in [9.17, 15) is 9.59 Å². The first kappa shape index (κ1) is 12.4. The molecule has 18 heavy (non-hydrogen) atoms. The van der Waals surface area contributed by atoms with Crippen molar-refractivity contribution in [2.45, 2.75) is 6.54 Å². The van der Waals surface area contributed by atoms with Crippen LogP contribution in [0.4, 0.5) is 0 Å². The summed E-state index contributed by atoms with van der Waals surface area (Å²) < 4.78 is 7.66. The third kappa shape index (κ3) is 1.80. The number of ether oxygens (including phenoxy) is 1. The Labute approximate surface area is 103 Å². The Morgan fingerprint density at radius 3 is 2.67 bits per heavy atom. The number of hydrogen-bond donors (Lipinski definition) is 1. The standard InChI is InChI=1S/C12H15N3O3/c1-14-10-7-8(18-2)3-4-9(10)11(16)15(6-5-13)12(14)17/h3-4,7H,5-6,13H2,1-2H3. The number of benzene rings is 1. The van der Waals surface area contributed by atoms with Crippen LogP contribution in [0.3, 0.4) is 0 Å². The van der Waals surface area contributed by atoms with Crippen LogP contribution in [0.25, 0.3) is 10.9 Å². The van der Waals surface area contributed by atoms with Crippen molar-refractivity contribution in [2.24, 2.45) is 12.8 Å². The maximum absolute atomic E-state index is 12.1. The maximum Gasteiger partial charge on any atom is 0.331 e. The summed E-state index contributed by atoms with van der Waals surface area (Å²) in [7, 11) is 3.16. The molecule has 6 heteroatoms. The highest BCUT2D eigenvalue weighted by Gasteiger charge is 2.10. The van der Waals surface area contributed by atoms with Crippen LogP contribution in [0, 0.1) is 0 Å². The van der Waals surface area contributed by atoms with Crippen molar-refractivity contribution in [1.29, 1.82) is 0 Å². The third-order valence-electron chi connectivity index (χ3n) is 2.91. The molecule has 1 heterocycles. The summed E-state index contributed by atoms with van der Waals surface area (Å²) in [5, 5.41) is 0.478. The minimum Gasteiger partial charge on any atom is -0.497 e. The van der Waals surface area contributed by atoms with Gasteiger partial charge in [0.2, 0.25) is 0 Å². The van der Waals surface area contributed by atoms with Crippen LogP contribution in [-0.4, -0.2) is 22.8 Å². The Hall–Kier alpha value is -2.08. The first-order chi connectivity index (χ1) is 8.60. The fourth-order valence-electron chi connectivity index (χ4n) is 1.94. The quantitative estimate of drug-likeness (QED) is 0.807. The molecule has 2 rings (SSSR count). The third-order valence-corrected chi connectivity index (χ3v) is 2.91. The summed E-state index contributed by atoms with van der Waals surface area (Å²) in [6.07, 6.45) is 0. The summed E-state index contributed by atoms with van der Waals surface area (Å²) in [5.74, 6) is 0.605. The van der Waals surface area contributed by atoms with Crippen LogP contribution in [0.2, 0.25) is 0 Å². The van der Waals surface area contributed by atoms with Crippen LogP contribution < -0.4 is 21.7 Å². The summed E-state index contributed by atoms with van der Waals surface area (Å²) >= 11 is 0. The Morgan fingerprint density at radius 1 is 1.33 bits per heavy atom. The molecule has 0 bridgehead atoms. The van der Waals surface area contributed by atoms with Crippen LogP contribution in [0.15, 0.2) is 27.8 Å². The van der Waals surface area contributed by atoms with Crippen molar-refractivity contribution in [3.63, 3.8) is 0 Å². The molecule has 96 valence electrons. The summed E-state index contributed by atoms with van der Waals surface area (Å²) in [5.41, 5.74) is 5.28. The fourth-order valence-corrected chi connectivity index (χ4v) is 1.94. The Morgan fingerprint density at radius 2 is 2.06 bits per heavy atom. The van der Waals surface area contributed by atoms with Gasteiger partial charge in [-0.15, -0.1) is 0 Å². The molecule has 0 saturated carbocycles. The molecular weight excluding hydrogens is 234 g/mol. The normalized spacial score (nSPS) is 10.8. The molecule has 2 aromatic rings. The van der Waals surface area contributed by atoms with E-state index in [0.717, 1.165) is 4.57 Å². The van der Waals surface area contributed by atoms with Gasteiger partial charge in [0.15, 0.2) is 0 Å². The van der Waals surface area contributed by atoms with E-state index in [0.29, 0.717) is 16.7 Å². The summed E-state index contributed by atoms with van der Waals surface area (Å²) in [4.78, 5) is 24.2. The van der Waals surface area contributed by atoms with E-state index in [1.165, 1.54) is 11.7 Å². The molecule has 0 atom stereocenters. The minimum atomic E-state index is -0.369. The molecule has 0 aliphatic heterocycles. The molecule has 6 nitrogen and oxygen atoms in total. The number of hydrogen-bond acceptors (Lipinski definition) is 4. The van der Waals surface area contributed by atoms with Crippen molar-refractivity contribution in [3.8, 4) is 5.75 Å². The Bertz CT molecular complexity index is 700. The first-order valence-electron chi connectivity index (χ1n) is 5.57. The molecule has 0 unspecified atom stereocenters. The Balaban J connectivity index is 2.88. The largest absolute Gasteiger partial charge is 0.497 e. The van der Waals surface area contributed by atoms with Gasteiger partial charge in [-0.2, -0.15) is 0 Å². The fraction of sp³-hybridized carbons (Fsp3) is 0.333. The van der Waals surface area contributed by atoms with Gasteiger partial charge in [0.1, 0.15) is 5.75 Å². The zero-order chi connectivity index (χ0) is 13.3. The predicted octanol–water partition coefficient (Wildman–Crippen LogP) is -0.333. The topological polar surface area (TPSA) is 79.2 Å². The van der Waals surface area contributed by atoms with Gasteiger partial charge in [0.25, 0.3) is 5.56 Å². The first-order valence-corrected chi connectivity index (χ1v) is 5.57. The number of aromatic nitrogens is 2. The van der Waals surface area contributed by atoms with Gasteiger partial charge in [0.05, 0.1) is 18.0 Å². The number of fused-ring (bicyclic) bond motifs is 1. The second-order valence-corrected chi connectivity index (χ2v) is 3.97. The monoisotopic (exact) mass is 249 g/mol. The van der Waals surface area contributed by atoms with Gasteiger partial charge in [-0.05, 0) is 12.1 Å². The average Bonchev–Trinajstić information content (AvgIpc) is 2.40. The average molecular weight is 249 g/mol. The van der Waals surface area contributed by atoms with Gasteiger partial charge in [-0.25, -0.2) is 4.79 Å². The Kier molecular flexibility index (Phi) is 3.20. The summed E-state index contributed by atoms with van der Waals surface area (Å²) in [6, 6.07) is 5.02. The molecule has 0 radical (unpaired) electrons. The molecule has 1 aromatic heterocycles. The van der Waals surface area contributed by atoms with Crippen LogP contribution >= 0.6 is 0 Å². The van der Waals surface area contributed by atoms with Crippen molar-refractivity contribution in [1.82, 2.24) is 9.13 Å². The van der Waals surface area contributed by atoms with Gasteiger partial charge >= 0.3 is 5.69 Å². The lowest BCUT2D eigenvalue weighted by Gasteiger charge is -2.10. The SMILES string of the molecule is COc1ccc2c(=O)n(CCN)c(=O)n(C)c2c1. The van der Waals surface area contributed by atoms with Gasteiger partial charge < -0.3 is 10.5 Å². The second kappa shape index (κ2) is 4.66. The number of rotatable bonds is 3. The highest BCUT2D eigenvalue weighted by molar-refractivity contribution is 5.79. The molecule has 0 amide bonds. The number of aryl methyl sites for hydroxylation is 1. The minimum absolute atomic E-state index is 0.216. The zero-order valence-electron chi connectivity index (χ0n) is 10.3. The number of nitrogens with zero attached hydrogens (tertiary/aromatic N) is 2. The van der Waals surface area contributed by atoms with Crippen LogP contribution in [0.1, 0.15) is 0 Å². The van der Waals surface area contributed by atoms with Crippen molar-refractivity contribution < 1.29 is 4.74 Å². The molecule has 0 aliphatic carbocycles. The molecule has 0 saturated heterocycles.